The standard InChI is InChI=1S/C17H18N4O4S/c1-10(17(22)25-4)26-15-8-7-14-18-19-16(21(14)20-15)11-5-6-12(23-2)13(9-11)24-3/h5-10H,1-4H3/t10-/m1/s1. The van der Waals surface area contributed by atoms with Gasteiger partial charge in [0.2, 0.25) is 0 Å². The Bertz CT molecular complexity index is 944. The second-order valence-electron chi connectivity index (χ2n) is 5.32. The first-order valence-electron chi connectivity index (χ1n) is 7.76. The van der Waals surface area contributed by atoms with Crippen molar-refractivity contribution in [2.45, 2.75) is 17.2 Å². The third-order valence-electron chi connectivity index (χ3n) is 3.71. The molecular formula is C17H18N4O4S. The molecule has 1 atom stereocenters. The highest BCUT2D eigenvalue weighted by molar-refractivity contribution is 8.00. The van der Waals surface area contributed by atoms with E-state index in [4.69, 9.17) is 14.2 Å². The molecule has 0 aliphatic carbocycles. The van der Waals surface area contributed by atoms with E-state index in [1.807, 2.05) is 12.1 Å². The van der Waals surface area contributed by atoms with Gasteiger partial charge >= 0.3 is 5.97 Å². The number of esters is 1. The molecule has 0 aliphatic heterocycles. The molecule has 1 aromatic carbocycles. The van der Waals surface area contributed by atoms with Crippen LogP contribution in [-0.2, 0) is 9.53 Å². The van der Waals surface area contributed by atoms with E-state index >= 15 is 0 Å². The van der Waals surface area contributed by atoms with Crippen molar-refractivity contribution in [3.63, 3.8) is 0 Å². The maximum absolute atomic E-state index is 11.6. The van der Waals surface area contributed by atoms with Gasteiger partial charge in [-0.15, -0.1) is 10.2 Å². The van der Waals surface area contributed by atoms with Gasteiger partial charge in [0, 0.05) is 5.56 Å². The Labute approximate surface area is 154 Å². The first-order valence-corrected chi connectivity index (χ1v) is 8.64. The smallest absolute Gasteiger partial charge is 0.318 e. The summed E-state index contributed by atoms with van der Waals surface area (Å²) in [7, 11) is 4.52. The van der Waals surface area contributed by atoms with Gasteiger partial charge in [-0.3, -0.25) is 4.79 Å². The van der Waals surface area contributed by atoms with Gasteiger partial charge in [0.1, 0.15) is 10.3 Å². The molecule has 0 saturated carbocycles. The highest BCUT2D eigenvalue weighted by atomic mass is 32.2. The number of methoxy groups -OCH3 is 3. The molecule has 0 saturated heterocycles. The Kier molecular flexibility index (Phi) is 5.27. The third kappa shape index (κ3) is 3.43. The van der Waals surface area contributed by atoms with Crippen LogP contribution >= 0.6 is 11.8 Å². The first-order chi connectivity index (χ1) is 12.6. The van der Waals surface area contributed by atoms with Crippen LogP contribution in [0.4, 0.5) is 0 Å². The molecule has 0 spiro atoms. The third-order valence-corrected chi connectivity index (χ3v) is 4.72. The van der Waals surface area contributed by atoms with E-state index in [0.29, 0.717) is 28.0 Å². The highest BCUT2D eigenvalue weighted by Gasteiger charge is 2.17. The summed E-state index contributed by atoms with van der Waals surface area (Å²) < 4.78 is 17.0. The molecule has 0 fully saturated rings. The molecule has 3 aromatic rings. The maximum atomic E-state index is 11.6. The number of thioether (sulfide) groups is 1. The predicted octanol–water partition coefficient (Wildman–Crippen LogP) is 2.46. The molecule has 0 unspecified atom stereocenters. The average Bonchev–Trinajstić information content (AvgIpc) is 3.09. The minimum absolute atomic E-state index is 0.305. The summed E-state index contributed by atoms with van der Waals surface area (Å²) in [5.41, 5.74) is 1.38. The van der Waals surface area contributed by atoms with Crippen molar-refractivity contribution in [1.82, 2.24) is 19.8 Å². The summed E-state index contributed by atoms with van der Waals surface area (Å²) in [5, 5.41) is 13.2. The lowest BCUT2D eigenvalue weighted by molar-refractivity contribution is -0.139. The summed E-state index contributed by atoms with van der Waals surface area (Å²) >= 11 is 1.31. The number of nitrogens with zero attached hydrogens (tertiary/aromatic N) is 4. The quantitative estimate of drug-likeness (QED) is 0.480. The topological polar surface area (TPSA) is 87.8 Å². The molecule has 0 amide bonds. The summed E-state index contributed by atoms with van der Waals surface area (Å²) in [6.45, 7) is 1.77. The SMILES string of the molecule is COC(=O)[C@@H](C)Sc1ccc2nnc(-c3ccc(OC)c(OC)c3)n2n1. The van der Waals surface area contributed by atoms with Crippen LogP contribution in [-0.4, -0.2) is 52.4 Å². The summed E-state index contributed by atoms with van der Waals surface area (Å²) in [4.78, 5) is 11.6. The molecule has 136 valence electrons. The molecule has 0 radical (unpaired) electrons. The van der Waals surface area contributed by atoms with Crippen LogP contribution in [0.3, 0.4) is 0 Å². The van der Waals surface area contributed by atoms with Crippen molar-refractivity contribution in [2.75, 3.05) is 21.3 Å². The van der Waals surface area contributed by atoms with Gasteiger partial charge in [0.25, 0.3) is 0 Å². The second kappa shape index (κ2) is 7.61. The number of fused-ring (bicyclic) bond motifs is 1. The van der Waals surface area contributed by atoms with Crippen molar-refractivity contribution in [1.29, 1.82) is 0 Å². The van der Waals surface area contributed by atoms with Crippen molar-refractivity contribution >= 4 is 23.4 Å². The molecule has 2 aromatic heterocycles. The number of carbonyl (C=O) groups is 1. The molecule has 0 aliphatic rings. The lowest BCUT2D eigenvalue weighted by Crippen LogP contribution is -2.15. The number of rotatable bonds is 6. The van der Waals surface area contributed by atoms with E-state index in [2.05, 4.69) is 15.3 Å². The second-order valence-corrected chi connectivity index (χ2v) is 6.68. The zero-order valence-electron chi connectivity index (χ0n) is 14.8. The molecule has 0 bridgehead atoms. The van der Waals surface area contributed by atoms with E-state index < -0.39 is 0 Å². The number of ether oxygens (including phenoxy) is 3. The van der Waals surface area contributed by atoms with E-state index in [1.54, 1.807) is 43.9 Å². The van der Waals surface area contributed by atoms with E-state index in [0.717, 1.165) is 5.56 Å². The number of hydrogen-bond acceptors (Lipinski definition) is 8. The zero-order chi connectivity index (χ0) is 18.7. The van der Waals surface area contributed by atoms with Gasteiger partial charge in [-0.2, -0.15) is 9.61 Å². The van der Waals surface area contributed by atoms with Gasteiger partial charge in [-0.1, -0.05) is 11.8 Å². The fourth-order valence-corrected chi connectivity index (χ4v) is 3.22. The Morgan fingerprint density at radius 1 is 1.08 bits per heavy atom. The van der Waals surface area contributed by atoms with E-state index in [1.165, 1.54) is 18.9 Å². The molecular weight excluding hydrogens is 356 g/mol. The van der Waals surface area contributed by atoms with Gasteiger partial charge in [0.15, 0.2) is 23.0 Å². The lowest BCUT2D eigenvalue weighted by Gasteiger charge is -2.09. The van der Waals surface area contributed by atoms with Crippen LogP contribution < -0.4 is 9.47 Å². The molecule has 9 heteroatoms. The van der Waals surface area contributed by atoms with Gasteiger partial charge in [-0.25, -0.2) is 0 Å². The highest BCUT2D eigenvalue weighted by Crippen LogP contribution is 2.32. The Morgan fingerprint density at radius 3 is 2.54 bits per heavy atom. The van der Waals surface area contributed by atoms with Gasteiger partial charge in [0.05, 0.1) is 21.3 Å². The van der Waals surface area contributed by atoms with Crippen molar-refractivity contribution in [3.8, 4) is 22.9 Å². The predicted molar refractivity (Wildman–Crippen MR) is 96.7 cm³/mol. The number of carbonyl (C=O) groups excluding carboxylic acids is 1. The lowest BCUT2D eigenvalue weighted by atomic mass is 10.2. The minimum atomic E-state index is -0.369. The van der Waals surface area contributed by atoms with Crippen molar-refractivity contribution in [2.24, 2.45) is 0 Å². The van der Waals surface area contributed by atoms with Crippen LogP contribution in [0.5, 0.6) is 11.5 Å². The summed E-state index contributed by atoms with van der Waals surface area (Å²) in [5.74, 6) is 1.47. The Balaban J connectivity index is 1.99. The maximum Gasteiger partial charge on any atom is 0.318 e. The fraction of sp³-hybridized carbons (Fsp3) is 0.294. The van der Waals surface area contributed by atoms with Gasteiger partial charge in [-0.05, 0) is 37.3 Å². The zero-order valence-corrected chi connectivity index (χ0v) is 15.6. The van der Waals surface area contributed by atoms with E-state index in [9.17, 15) is 4.79 Å². The Hall–Kier alpha value is -2.81. The van der Waals surface area contributed by atoms with Crippen LogP contribution in [0.2, 0.25) is 0 Å². The first kappa shape index (κ1) is 18.0. The van der Waals surface area contributed by atoms with Crippen LogP contribution in [0.15, 0.2) is 35.4 Å². The van der Waals surface area contributed by atoms with Crippen molar-refractivity contribution < 1.29 is 19.0 Å². The molecule has 26 heavy (non-hydrogen) atoms. The van der Waals surface area contributed by atoms with Gasteiger partial charge < -0.3 is 14.2 Å². The average molecular weight is 374 g/mol. The largest absolute Gasteiger partial charge is 0.493 e. The normalized spacial score (nSPS) is 12.0. The fourth-order valence-electron chi connectivity index (χ4n) is 2.39. The van der Waals surface area contributed by atoms with Crippen molar-refractivity contribution in [3.05, 3.63) is 30.3 Å². The minimum Gasteiger partial charge on any atom is -0.493 e. The monoisotopic (exact) mass is 374 g/mol. The molecule has 0 N–H and O–H groups in total. The van der Waals surface area contributed by atoms with Crippen LogP contribution in [0.25, 0.3) is 17.0 Å². The Morgan fingerprint density at radius 2 is 1.85 bits per heavy atom. The number of hydrogen-bond donors (Lipinski definition) is 0. The molecule has 2 heterocycles. The van der Waals surface area contributed by atoms with Crippen LogP contribution in [0.1, 0.15) is 6.92 Å². The van der Waals surface area contributed by atoms with Crippen LogP contribution in [0, 0.1) is 0 Å². The number of aromatic nitrogens is 4. The summed E-state index contributed by atoms with van der Waals surface area (Å²) in [6, 6.07) is 9.07. The molecule has 8 nitrogen and oxygen atoms in total. The molecule has 3 rings (SSSR count). The van der Waals surface area contributed by atoms with E-state index in [-0.39, 0.29) is 11.2 Å². The summed E-state index contributed by atoms with van der Waals surface area (Å²) in [6.07, 6.45) is 0. The number of benzene rings is 1.